The summed E-state index contributed by atoms with van der Waals surface area (Å²) in [6.07, 6.45) is 2.21. The number of carboxylic acid groups (broad SMARTS) is 1. The van der Waals surface area contributed by atoms with Crippen LogP contribution in [-0.4, -0.2) is 107 Å². The van der Waals surface area contributed by atoms with Crippen LogP contribution in [0.4, 0.5) is 5.13 Å². The molecule has 2 atom stereocenters. The smallest absolute Gasteiger partial charge is 0.362 e. The third kappa shape index (κ3) is 6.56. The minimum absolute atomic E-state index is 0.0620. The molecule has 1 saturated heterocycles. The van der Waals surface area contributed by atoms with Crippen LogP contribution < -0.4 is 22.5 Å². The first-order chi connectivity index (χ1) is 19.8. The van der Waals surface area contributed by atoms with Gasteiger partial charge < -0.3 is 37.4 Å². The van der Waals surface area contributed by atoms with Gasteiger partial charge in [0.2, 0.25) is 5.60 Å². The average Bonchev–Trinajstić information content (AvgIpc) is 3.38. The van der Waals surface area contributed by atoms with Crippen LogP contribution in [0.2, 0.25) is 0 Å². The molecule has 2 amide bonds. The highest BCUT2D eigenvalue weighted by Gasteiger charge is 2.56. The van der Waals surface area contributed by atoms with E-state index < -0.39 is 51.5 Å². The van der Waals surface area contributed by atoms with Crippen molar-refractivity contribution >= 4 is 56.2 Å². The molecule has 1 aliphatic carbocycles. The van der Waals surface area contributed by atoms with Gasteiger partial charge in [0.15, 0.2) is 16.8 Å². The predicted molar refractivity (Wildman–Crippen MR) is 144 cm³/mol. The number of nitrogens with zero attached hydrogens (tertiary/aromatic N) is 7. The zero-order valence-electron chi connectivity index (χ0n) is 21.8. The van der Waals surface area contributed by atoms with Crippen molar-refractivity contribution in [3.8, 4) is 0 Å². The maximum absolute atomic E-state index is 13.2. The van der Waals surface area contributed by atoms with Crippen LogP contribution in [0.15, 0.2) is 16.7 Å². The molecule has 0 spiro atoms. The van der Waals surface area contributed by atoms with E-state index in [0.717, 1.165) is 16.1 Å². The highest BCUT2D eigenvalue weighted by Crippen LogP contribution is 2.40. The van der Waals surface area contributed by atoms with Gasteiger partial charge in [0.05, 0.1) is 19.3 Å². The molecule has 2 aromatic rings. The van der Waals surface area contributed by atoms with Gasteiger partial charge in [-0.1, -0.05) is 5.16 Å². The van der Waals surface area contributed by atoms with Gasteiger partial charge in [-0.2, -0.15) is 23.4 Å². The summed E-state index contributed by atoms with van der Waals surface area (Å²) in [7, 11) is -5.04. The van der Waals surface area contributed by atoms with Crippen molar-refractivity contribution < 1.29 is 37.3 Å². The van der Waals surface area contributed by atoms with E-state index in [-0.39, 0.29) is 47.0 Å². The highest BCUT2D eigenvalue weighted by molar-refractivity contribution is 7.84. The van der Waals surface area contributed by atoms with Crippen molar-refractivity contribution in [1.29, 1.82) is 5.41 Å². The van der Waals surface area contributed by atoms with Crippen molar-refractivity contribution in [2.75, 3.05) is 18.8 Å². The van der Waals surface area contributed by atoms with E-state index >= 15 is 0 Å². The molecule has 0 unspecified atom stereocenters. The third-order valence-electron chi connectivity index (χ3n) is 6.35. The molecule has 0 aromatic carbocycles. The summed E-state index contributed by atoms with van der Waals surface area (Å²) in [6.45, 7) is 0.468. The van der Waals surface area contributed by atoms with Crippen molar-refractivity contribution in [2.45, 2.75) is 50.0 Å². The first-order valence-corrected chi connectivity index (χ1v) is 14.5. The number of anilines is 1. The molecule has 0 bridgehead atoms. The number of carbonyl (C=O) groups excluding carboxylic acids is 2. The number of oxime groups is 1. The van der Waals surface area contributed by atoms with Crippen LogP contribution >= 0.6 is 11.3 Å². The van der Waals surface area contributed by atoms with Gasteiger partial charge in [0, 0.05) is 24.8 Å². The summed E-state index contributed by atoms with van der Waals surface area (Å²) < 4.78 is 33.7. The van der Waals surface area contributed by atoms with E-state index in [1.54, 1.807) is 0 Å². The fourth-order valence-electron chi connectivity index (χ4n) is 3.97. The second kappa shape index (κ2) is 11.8. The lowest BCUT2D eigenvalue weighted by atomic mass is 9.98. The number of nitrogens with two attached hydrogens (primary N) is 3. The van der Waals surface area contributed by atoms with E-state index in [0.29, 0.717) is 25.2 Å². The van der Waals surface area contributed by atoms with Crippen molar-refractivity contribution in [3.63, 3.8) is 0 Å². The first kappa shape index (κ1) is 30.5. The Morgan fingerprint density at radius 1 is 1.38 bits per heavy atom. The number of nitrogens with one attached hydrogen (secondary N) is 2. The minimum atomic E-state index is -5.04. The Hall–Kier alpha value is -4.41. The monoisotopic (exact) mass is 628 g/mol. The van der Waals surface area contributed by atoms with E-state index in [1.807, 2.05) is 0 Å². The van der Waals surface area contributed by atoms with Gasteiger partial charge in [-0.25, -0.2) is 14.1 Å². The molecule has 2 aromatic heterocycles. The number of carboxylic acids is 1. The topological polar surface area (TPSA) is 311 Å². The van der Waals surface area contributed by atoms with Crippen LogP contribution in [0.3, 0.4) is 0 Å². The van der Waals surface area contributed by atoms with Crippen molar-refractivity contribution in [1.82, 2.24) is 34.5 Å². The number of β-lactam (4-membered cyclic amide) rings is 1. The first-order valence-electron chi connectivity index (χ1n) is 12.3. The summed E-state index contributed by atoms with van der Waals surface area (Å²) in [5, 5.41) is 32.8. The number of rotatable bonds is 14. The molecule has 42 heavy (non-hydrogen) atoms. The molecule has 4 rings (SSSR count). The van der Waals surface area contributed by atoms with Crippen molar-refractivity contribution in [3.05, 3.63) is 23.0 Å². The predicted octanol–water partition coefficient (Wildman–Crippen LogP) is -3.10. The normalized spacial score (nSPS) is 19.6. The lowest BCUT2D eigenvalue weighted by Crippen LogP contribution is -2.73. The molecule has 20 nitrogen and oxygen atoms in total. The largest absolute Gasteiger partial charge is 0.478 e. The summed E-state index contributed by atoms with van der Waals surface area (Å²) in [5.41, 5.74) is 14.9. The Kier molecular flexibility index (Phi) is 8.60. The van der Waals surface area contributed by atoms with Gasteiger partial charge in [-0.3, -0.25) is 19.6 Å². The summed E-state index contributed by atoms with van der Waals surface area (Å²) in [5.74, 6) is -3.71. The molecule has 1 saturated carbocycles. The summed E-state index contributed by atoms with van der Waals surface area (Å²) in [4.78, 5) is 49.1. The molecule has 2 aliphatic rings. The van der Waals surface area contributed by atoms with Crippen LogP contribution in [0, 0.1) is 5.41 Å². The summed E-state index contributed by atoms with van der Waals surface area (Å²) >= 11 is 0.959. The lowest BCUT2D eigenvalue weighted by molar-refractivity contribution is -0.153. The van der Waals surface area contributed by atoms with Crippen LogP contribution in [0.25, 0.3) is 0 Å². The molecular formula is C20H28N12O8S2. The van der Waals surface area contributed by atoms with E-state index in [9.17, 15) is 32.5 Å². The Morgan fingerprint density at radius 2 is 2.10 bits per heavy atom. The van der Waals surface area contributed by atoms with Gasteiger partial charge in [-0.15, -0.1) is 11.3 Å². The van der Waals surface area contributed by atoms with Gasteiger partial charge >= 0.3 is 16.3 Å². The number of hydrogen-bond donors (Lipinski definition) is 7. The molecular weight excluding hydrogens is 600 g/mol. The van der Waals surface area contributed by atoms with E-state index in [1.165, 1.54) is 16.5 Å². The van der Waals surface area contributed by atoms with Crippen LogP contribution in [0.5, 0.6) is 0 Å². The number of aromatic nitrogens is 4. The molecule has 228 valence electrons. The second-order valence-corrected chi connectivity index (χ2v) is 11.6. The van der Waals surface area contributed by atoms with Gasteiger partial charge in [0.1, 0.15) is 23.5 Å². The van der Waals surface area contributed by atoms with Crippen LogP contribution in [-0.2, 0) is 42.6 Å². The minimum Gasteiger partial charge on any atom is -0.478 e. The maximum atomic E-state index is 13.2. The Bertz CT molecular complexity index is 1520. The molecule has 3 heterocycles. The second-order valence-electron chi connectivity index (χ2n) is 9.37. The number of guanidine groups is 1. The maximum Gasteiger partial charge on any atom is 0.362 e. The Balaban J connectivity index is 1.53. The quantitative estimate of drug-likeness (QED) is 0.0358. The fourth-order valence-corrected chi connectivity index (χ4v) is 5.38. The number of nitrogen functional groups attached to an aromatic ring is 1. The Morgan fingerprint density at radius 3 is 2.64 bits per heavy atom. The van der Waals surface area contributed by atoms with Gasteiger partial charge in [0.25, 0.3) is 11.8 Å². The number of hydrogen-bond acceptors (Lipinski definition) is 14. The van der Waals surface area contributed by atoms with Crippen LogP contribution in [0.1, 0.15) is 30.7 Å². The number of amides is 2. The standard InChI is InChI=1S/C20H28N12O8S2/c21-4-1-5-30(18(22)23)7-10-6-25-31(28-10)8-12-14(16(34)32(12)42(37,38)39)27-15(33)13(11-9-41-19(24)26-11)29-40-20(2-3-20)17(35)36/h6,9,12,14H,1-5,7-8,21H2,(H3,22,23)(H2,24,26)(H,27,33)(H,35,36)(H,37,38,39)/b29-13+/t12-,14+/m1/s1. The number of aliphatic carboxylic acids is 1. The van der Waals surface area contributed by atoms with E-state index in [4.69, 9.17) is 27.4 Å². The molecule has 10 N–H and O–H groups in total. The van der Waals surface area contributed by atoms with E-state index in [2.05, 4.69) is 25.7 Å². The molecule has 1 aliphatic heterocycles. The zero-order chi connectivity index (χ0) is 30.8. The summed E-state index contributed by atoms with van der Waals surface area (Å²) in [6, 6.07) is -2.86. The SMILES string of the molecule is N=C(N)N(CCCN)Cc1cnn(C[C@@H]2[C@H](NC(=O)/C(=N/OC3(C(=O)O)CC3)c3csc(N)n3)C(=O)N2S(=O)(=O)O)n1. The zero-order valence-corrected chi connectivity index (χ0v) is 23.4. The Labute approximate surface area is 241 Å². The number of carbonyl (C=O) groups is 3. The molecule has 0 radical (unpaired) electrons. The lowest BCUT2D eigenvalue weighted by Gasteiger charge is -2.43. The van der Waals surface area contributed by atoms with Gasteiger partial charge in [-0.05, 0) is 13.0 Å². The molecule has 22 heteroatoms. The highest BCUT2D eigenvalue weighted by atomic mass is 32.2. The third-order valence-corrected chi connectivity index (χ3v) is 7.97. The average molecular weight is 629 g/mol. The van der Waals surface area contributed by atoms with Crippen molar-refractivity contribution in [2.24, 2.45) is 16.6 Å². The fraction of sp³-hybridized carbons (Fsp3) is 0.500. The number of thiazole rings is 1. The molecule has 2 fully saturated rings.